The lowest BCUT2D eigenvalue weighted by atomic mass is 9.81. The summed E-state index contributed by atoms with van der Waals surface area (Å²) in [5.74, 6) is 0.606. The number of hydrogen-bond donors (Lipinski definition) is 3. The van der Waals surface area contributed by atoms with Crippen molar-refractivity contribution < 1.29 is 9.90 Å². The molecule has 0 aliphatic carbocycles. The lowest BCUT2D eigenvalue weighted by Crippen LogP contribution is -2.46. The molecule has 0 saturated carbocycles. The van der Waals surface area contributed by atoms with Gasteiger partial charge in [-0.25, -0.2) is 9.78 Å². The Hall–Kier alpha value is -1.14. The van der Waals surface area contributed by atoms with Gasteiger partial charge in [0.2, 0.25) is 0 Å². The first-order valence-electron chi connectivity index (χ1n) is 8.27. The summed E-state index contributed by atoms with van der Waals surface area (Å²) in [4.78, 5) is 16.4. The molecule has 2 amide bonds. The van der Waals surface area contributed by atoms with Crippen LogP contribution >= 0.6 is 11.3 Å². The molecule has 0 aromatic carbocycles. The van der Waals surface area contributed by atoms with Crippen LogP contribution in [-0.2, 0) is 6.42 Å². The van der Waals surface area contributed by atoms with Gasteiger partial charge in [0.25, 0.3) is 0 Å². The number of carbonyl (C=O) groups excluding carboxylic acids is 1. The molecule has 0 spiro atoms. The molecule has 6 heteroatoms. The van der Waals surface area contributed by atoms with E-state index in [-0.39, 0.29) is 17.4 Å². The Morgan fingerprint density at radius 1 is 1.30 bits per heavy atom. The molecule has 1 unspecified atom stereocenters. The van der Waals surface area contributed by atoms with E-state index in [0.717, 1.165) is 17.1 Å². The smallest absolute Gasteiger partial charge is 0.314 e. The molecular formula is C17H31N3O2S. The SMILES string of the molecule is CC(C)c1nc(CCNC(=O)NCC(C)(C)C(O)C(C)C)cs1. The molecule has 132 valence electrons. The van der Waals surface area contributed by atoms with Gasteiger partial charge in [-0.3, -0.25) is 0 Å². The second-order valence-corrected chi connectivity index (χ2v) is 8.26. The summed E-state index contributed by atoms with van der Waals surface area (Å²) in [5, 5.41) is 19.0. The molecule has 1 aromatic rings. The molecule has 5 nitrogen and oxygen atoms in total. The van der Waals surface area contributed by atoms with E-state index in [1.807, 2.05) is 27.7 Å². The number of hydrogen-bond acceptors (Lipinski definition) is 4. The van der Waals surface area contributed by atoms with Gasteiger partial charge >= 0.3 is 6.03 Å². The number of amides is 2. The quantitative estimate of drug-likeness (QED) is 0.680. The number of aliphatic hydroxyl groups is 1. The van der Waals surface area contributed by atoms with Crippen molar-refractivity contribution in [3.05, 3.63) is 16.1 Å². The van der Waals surface area contributed by atoms with E-state index in [2.05, 4.69) is 34.8 Å². The van der Waals surface area contributed by atoms with E-state index in [1.165, 1.54) is 0 Å². The van der Waals surface area contributed by atoms with Crippen LogP contribution in [0.25, 0.3) is 0 Å². The van der Waals surface area contributed by atoms with Gasteiger partial charge in [0.1, 0.15) is 0 Å². The first kappa shape index (κ1) is 19.9. The molecule has 23 heavy (non-hydrogen) atoms. The molecule has 0 saturated heterocycles. The minimum atomic E-state index is -0.452. The van der Waals surface area contributed by atoms with Gasteiger partial charge < -0.3 is 15.7 Å². The fourth-order valence-corrected chi connectivity index (χ4v) is 3.25. The Morgan fingerprint density at radius 3 is 2.48 bits per heavy atom. The van der Waals surface area contributed by atoms with E-state index < -0.39 is 6.10 Å². The molecule has 0 fully saturated rings. The number of nitrogens with zero attached hydrogens (tertiary/aromatic N) is 1. The molecule has 1 atom stereocenters. The lowest BCUT2D eigenvalue weighted by Gasteiger charge is -2.33. The van der Waals surface area contributed by atoms with E-state index in [4.69, 9.17) is 0 Å². The van der Waals surface area contributed by atoms with Crippen LogP contribution in [0.5, 0.6) is 0 Å². The van der Waals surface area contributed by atoms with E-state index in [1.54, 1.807) is 11.3 Å². The summed E-state index contributed by atoms with van der Waals surface area (Å²) in [7, 11) is 0. The van der Waals surface area contributed by atoms with Crippen molar-refractivity contribution in [2.45, 2.75) is 60.0 Å². The summed E-state index contributed by atoms with van der Waals surface area (Å²) < 4.78 is 0. The predicted octanol–water partition coefficient (Wildman–Crippen LogP) is 3.15. The molecule has 1 rings (SSSR count). The zero-order valence-corrected chi connectivity index (χ0v) is 16.0. The average molecular weight is 342 g/mol. The first-order chi connectivity index (χ1) is 10.6. The van der Waals surface area contributed by atoms with Crippen molar-refractivity contribution in [2.75, 3.05) is 13.1 Å². The normalized spacial score (nSPS) is 13.4. The Morgan fingerprint density at radius 2 is 1.96 bits per heavy atom. The zero-order valence-electron chi connectivity index (χ0n) is 15.1. The van der Waals surface area contributed by atoms with Crippen LogP contribution in [0.15, 0.2) is 5.38 Å². The van der Waals surface area contributed by atoms with Crippen LogP contribution in [0.2, 0.25) is 0 Å². The van der Waals surface area contributed by atoms with Crippen LogP contribution in [-0.4, -0.2) is 35.3 Å². The Balaban J connectivity index is 2.31. The monoisotopic (exact) mass is 341 g/mol. The van der Waals surface area contributed by atoms with Crippen LogP contribution < -0.4 is 10.6 Å². The average Bonchev–Trinajstić information content (AvgIpc) is 2.93. The fraction of sp³-hybridized carbons (Fsp3) is 0.765. The molecule has 1 aromatic heterocycles. The molecule has 0 aliphatic heterocycles. The first-order valence-corrected chi connectivity index (χ1v) is 9.15. The summed E-state index contributed by atoms with van der Waals surface area (Å²) in [6.07, 6.45) is 0.279. The standard InChI is InChI=1S/C17H31N3O2S/c1-11(2)14(21)17(5,6)10-19-16(22)18-8-7-13-9-23-15(20-13)12(3)4/h9,11-12,14,21H,7-8,10H2,1-6H3,(H2,18,19,22). The highest BCUT2D eigenvalue weighted by Crippen LogP contribution is 2.25. The molecule has 0 radical (unpaired) electrons. The van der Waals surface area contributed by atoms with Crippen molar-refractivity contribution in [3.8, 4) is 0 Å². The number of urea groups is 1. The maximum absolute atomic E-state index is 11.9. The molecule has 1 heterocycles. The highest BCUT2D eigenvalue weighted by molar-refractivity contribution is 7.09. The largest absolute Gasteiger partial charge is 0.392 e. The third-order valence-electron chi connectivity index (χ3n) is 3.87. The topological polar surface area (TPSA) is 74.2 Å². The number of thiazole rings is 1. The Kier molecular flexibility index (Phi) is 7.48. The van der Waals surface area contributed by atoms with Gasteiger partial charge in [0.15, 0.2) is 0 Å². The van der Waals surface area contributed by atoms with Gasteiger partial charge in [-0.05, 0) is 5.92 Å². The number of carbonyl (C=O) groups is 1. The van der Waals surface area contributed by atoms with Crippen molar-refractivity contribution in [1.29, 1.82) is 0 Å². The van der Waals surface area contributed by atoms with Gasteiger partial charge in [-0.15, -0.1) is 11.3 Å². The van der Waals surface area contributed by atoms with Crippen molar-refractivity contribution in [3.63, 3.8) is 0 Å². The highest BCUT2D eigenvalue weighted by atomic mass is 32.1. The number of aliphatic hydroxyl groups excluding tert-OH is 1. The van der Waals surface area contributed by atoms with Crippen molar-refractivity contribution in [1.82, 2.24) is 15.6 Å². The van der Waals surface area contributed by atoms with Crippen LogP contribution in [0.3, 0.4) is 0 Å². The third kappa shape index (κ3) is 6.47. The summed E-state index contributed by atoms with van der Waals surface area (Å²) in [6.45, 7) is 13.1. The van der Waals surface area contributed by atoms with Crippen LogP contribution in [0, 0.1) is 11.3 Å². The summed E-state index contributed by atoms with van der Waals surface area (Å²) in [6, 6.07) is -0.201. The second kappa shape index (κ2) is 8.64. The molecular weight excluding hydrogens is 310 g/mol. The van der Waals surface area contributed by atoms with Gasteiger partial charge in [-0.1, -0.05) is 41.5 Å². The Labute approximate surface area is 143 Å². The van der Waals surface area contributed by atoms with Crippen molar-refractivity contribution >= 4 is 17.4 Å². The third-order valence-corrected chi connectivity index (χ3v) is 5.06. The van der Waals surface area contributed by atoms with Gasteiger partial charge in [-0.2, -0.15) is 0 Å². The van der Waals surface area contributed by atoms with E-state index >= 15 is 0 Å². The van der Waals surface area contributed by atoms with Crippen LogP contribution in [0.1, 0.15) is 58.2 Å². The number of aromatic nitrogens is 1. The van der Waals surface area contributed by atoms with E-state index in [9.17, 15) is 9.90 Å². The van der Waals surface area contributed by atoms with Crippen LogP contribution in [0.4, 0.5) is 4.79 Å². The highest BCUT2D eigenvalue weighted by Gasteiger charge is 2.30. The molecule has 3 N–H and O–H groups in total. The predicted molar refractivity (Wildman–Crippen MR) is 95.9 cm³/mol. The lowest BCUT2D eigenvalue weighted by molar-refractivity contribution is 0.0151. The van der Waals surface area contributed by atoms with Gasteiger partial charge in [0.05, 0.1) is 16.8 Å². The number of nitrogens with one attached hydrogen (secondary N) is 2. The summed E-state index contributed by atoms with van der Waals surface area (Å²) >= 11 is 1.67. The maximum atomic E-state index is 11.9. The summed E-state index contributed by atoms with van der Waals surface area (Å²) in [5.41, 5.74) is 0.668. The minimum Gasteiger partial charge on any atom is -0.392 e. The van der Waals surface area contributed by atoms with Crippen molar-refractivity contribution in [2.24, 2.45) is 11.3 Å². The van der Waals surface area contributed by atoms with E-state index in [0.29, 0.717) is 19.0 Å². The second-order valence-electron chi connectivity index (χ2n) is 7.37. The maximum Gasteiger partial charge on any atom is 0.314 e. The molecule has 0 aliphatic rings. The minimum absolute atomic E-state index is 0.162. The van der Waals surface area contributed by atoms with Gasteiger partial charge in [0, 0.05) is 36.2 Å². The zero-order chi connectivity index (χ0) is 17.6. The molecule has 0 bridgehead atoms. The number of rotatable bonds is 8. The fourth-order valence-electron chi connectivity index (χ4n) is 2.38. The Bertz CT molecular complexity index is 498.